The van der Waals surface area contributed by atoms with Crippen molar-refractivity contribution in [2.24, 2.45) is 0 Å². The zero-order chi connectivity index (χ0) is 17.6. The maximum Gasteiger partial charge on any atom is 0.251 e. The van der Waals surface area contributed by atoms with Gasteiger partial charge in [0, 0.05) is 23.1 Å². The van der Waals surface area contributed by atoms with Crippen LogP contribution >= 0.6 is 11.3 Å². The van der Waals surface area contributed by atoms with Gasteiger partial charge in [0.2, 0.25) is 0 Å². The van der Waals surface area contributed by atoms with Crippen LogP contribution in [0.2, 0.25) is 0 Å². The van der Waals surface area contributed by atoms with Crippen LogP contribution in [0.3, 0.4) is 0 Å². The molecule has 0 fully saturated rings. The highest BCUT2D eigenvalue weighted by Gasteiger charge is 2.08. The Morgan fingerprint density at radius 1 is 1.24 bits per heavy atom. The van der Waals surface area contributed by atoms with Gasteiger partial charge in [-0.25, -0.2) is 4.98 Å². The predicted molar refractivity (Wildman–Crippen MR) is 98.4 cm³/mol. The summed E-state index contributed by atoms with van der Waals surface area (Å²) in [6, 6.07) is 17.2. The molecule has 1 aromatic heterocycles. The number of benzene rings is 2. The maximum absolute atomic E-state index is 12.2. The first-order valence-corrected chi connectivity index (χ1v) is 8.73. The molecule has 2 aromatic carbocycles. The Hall–Kier alpha value is -2.97. The van der Waals surface area contributed by atoms with E-state index in [-0.39, 0.29) is 5.91 Å². The molecule has 0 aliphatic rings. The number of carbonyl (C=O) groups is 1. The molecule has 0 atom stereocenters. The fourth-order valence-corrected chi connectivity index (χ4v) is 3.30. The number of amides is 1. The van der Waals surface area contributed by atoms with Crippen molar-refractivity contribution in [3.8, 4) is 6.07 Å². The summed E-state index contributed by atoms with van der Waals surface area (Å²) in [5.41, 5.74) is 3.45. The van der Waals surface area contributed by atoms with Crippen LogP contribution in [0.1, 0.15) is 36.9 Å². The zero-order valence-electron chi connectivity index (χ0n) is 13.8. The quantitative estimate of drug-likeness (QED) is 0.762. The van der Waals surface area contributed by atoms with Crippen molar-refractivity contribution in [1.29, 1.82) is 5.26 Å². The van der Waals surface area contributed by atoms with Crippen molar-refractivity contribution in [1.82, 2.24) is 10.3 Å². The number of carbonyl (C=O) groups excluding carboxylic acids is 1. The van der Waals surface area contributed by atoms with E-state index in [0.717, 1.165) is 11.4 Å². The van der Waals surface area contributed by atoms with Gasteiger partial charge in [-0.15, -0.1) is 11.3 Å². The van der Waals surface area contributed by atoms with E-state index >= 15 is 0 Å². The summed E-state index contributed by atoms with van der Waals surface area (Å²) >= 11 is 1.60. The van der Waals surface area contributed by atoms with Crippen molar-refractivity contribution < 1.29 is 4.79 Å². The molecule has 1 heterocycles. The first-order chi connectivity index (χ1) is 12.1. The van der Waals surface area contributed by atoms with Gasteiger partial charge in [-0.3, -0.25) is 4.79 Å². The molecular formula is C20H17N3OS. The molecule has 4 nitrogen and oxygen atoms in total. The molecule has 0 radical (unpaired) electrons. The third kappa shape index (κ3) is 4.52. The number of aromatic nitrogens is 1. The highest BCUT2D eigenvalue weighted by Crippen LogP contribution is 2.18. The number of nitrogens with one attached hydrogen (secondary N) is 1. The standard InChI is InChI=1S/C20H17N3OS/c1-14-5-7-15(8-6-14)10-18-12-22-19(25-18)13-23-20(24)17-4-2-3-16(9-17)11-21/h2-9,12H,10,13H2,1H3,(H,23,24). The fraction of sp³-hybridized carbons (Fsp3) is 0.150. The molecule has 0 spiro atoms. The van der Waals surface area contributed by atoms with Crippen molar-refractivity contribution >= 4 is 17.2 Å². The maximum atomic E-state index is 12.2. The second-order valence-electron chi connectivity index (χ2n) is 5.76. The Kier molecular flexibility index (Phi) is 5.22. The Balaban J connectivity index is 1.58. The number of nitrogens with zero attached hydrogens (tertiary/aromatic N) is 2. The topological polar surface area (TPSA) is 65.8 Å². The second-order valence-corrected chi connectivity index (χ2v) is 6.96. The molecule has 1 amide bonds. The molecular weight excluding hydrogens is 330 g/mol. The van der Waals surface area contributed by atoms with Crippen LogP contribution in [0.4, 0.5) is 0 Å². The lowest BCUT2D eigenvalue weighted by molar-refractivity contribution is 0.0951. The van der Waals surface area contributed by atoms with Gasteiger partial charge in [0.1, 0.15) is 5.01 Å². The molecule has 0 saturated carbocycles. The SMILES string of the molecule is Cc1ccc(Cc2cnc(CNC(=O)c3cccc(C#N)c3)s2)cc1. The predicted octanol–water partition coefficient (Wildman–Crippen LogP) is 3.84. The van der Waals surface area contributed by atoms with Crippen LogP contribution in [-0.4, -0.2) is 10.9 Å². The molecule has 0 saturated heterocycles. The summed E-state index contributed by atoms with van der Waals surface area (Å²) in [4.78, 5) is 17.7. The Labute approximate surface area is 150 Å². The van der Waals surface area contributed by atoms with Gasteiger partial charge in [0.15, 0.2) is 0 Å². The number of thiazole rings is 1. The second kappa shape index (κ2) is 7.73. The van der Waals surface area contributed by atoms with Crippen LogP contribution in [0.25, 0.3) is 0 Å². The molecule has 0 aliphatic carbocycles. The molecule has 5 heteroatoms. The van der Waals surface area contributed by atoms with Crippen LogP contribution in [0.5, 0.6) is 0 Å². The Bertz CT molecular complexity index is 923. The molecule has 0 unspecified atom stereocenters. The summed E-state index contributed by atoms with van der Waals surface area (Å²) in [7, 11) is 0. The molecule has 3 rings (SSSR count). The van der Waals surface area contributed by atoms with E-state index in [2.05, 4.69) is 41.5 Å². The number of aryl methyl sites for hydroxylation is 1. The van der Waals surface area contributed by atoms with Crippen molar-refractivity contribution in [3.63, 3.8) is 0 Å². The number of rotatable bonds is 5. The van der Waals surface area contributed by atoms with Crippen molar-refractivity contribution in [2.45, 2.75) is 19.9 Å². The molecule has 0 bridgehead atoms. The average molecular weight is 347 g/mol. The first-order valence-electron chi connectivity index (χ1n) is 7.91. The highest BCUT2D eigenvalue weighted by molar-refractivity contribution is 7.11. The number of nitriles is 1. The van der Waals surface area contributed by atoms with Gasteiger partial charge in [0.05, 0.1) is 18.2 Å². The fourth-order valence-electron chi connectivity index (χ4n) is 2.41. The van der Waals surface area contributed by atoms with Gasteiger partial charge in [-0.1, -0.05) is 35.9 Å². The monoisotopic (exact) mass is 347 g/mol. The van der Waals surface area contributed by atoms with Crippen LogP contribution in [-0.2, 0) is 13.0 Å². The van der Waals surface area contributed by atoms with E-state index in [0.29, 0.717) is 17.7 Å². The third-order valence-electron chi connectivity index (χ3n) is 3.75. The van der Waals surface area contributed by atoms with Crippen molar-refractivity contribution in [2.75, 3.05) is 0 Å². The minimum atomic E-state index is -0.201. The minimum Gasteiger partial charge on any atom is -0.346 e. The highest BCUT2D eigenvalue weighted by atomic mass is 32.1. The summed E-state index contributed by atoms with van der Waals surface area (Å²) in [5, 5.41) is 12.6. The average Bonchev–Trinajstić information content (AvgIpc) is 3.09. The van der Waals surface area contributed by atoms with Gasteiger partial charge >= 0.3 is 0 Å². The normalized spacial score (nSPS) is 10.2. The molecule has 0 aliphatic heterocycles. The van der Waals surface area contributed by atoms with Crippen LogP contribution in [0, 0.1) is 18.3 Å². The van der Waals surface area contributed by atoms with Crippen LogP contribution < -0.4 is 5.32 Å². The number of hydrogen-bond acceptors (Lipinski definition) is 4. The summed E-state index contributed by atoms with van der Waals surface area (Å²) in [5.74, 6) is -0.201. The van der Waals surface area contributed by atoms with Gasteiger partial charge in [0.25, 0.3) is 5.91 Å². The van der Waals surface area contributed by atoms with Gasteiger partial charge in [-0.05, 0) is 30.7 Å². The summed E-state index contributed by atoms with van der Waals surface area (Å²) in [6.07, 6.45) is 2.71. The molecule has 25 heavy (non-hydrogen) atoms. The number of hydrogen-bond donors (Lipinski definition) is 1. The first kappa shape index (κ1) is 16.9. The van der Waals surface area contributed by atoms with E-state index in [1.807, 2.05) is 12.3 Å². The van der Waals surface area contributed by atoms with E-state index < -0.39 is 0 Å². The molecule has 3 aromatic rings. The smallest absolute Gasteiger partial charge is 0.251 e. The lowest BCUT2D eigenvalue weighted by Gasteiger charge is -2.03. The third-order valence-corrected chi connectivity index (χ3v) is 4.75. The lowest BCUT2D eigenvalue weighted by Crippen LogP contribution is -2.22. The van der Waals surface area contributed by atoms with E-state index in [1.54, 1.807) is 35.6 Å². The van der Waals surface area contributed by atoms with Gasteiger partial charge in [-0.2, -0.15) is 5.26 Å². The zero-order valence-corrected chi connectivity index (χ0v) is 14.6. The largest absolute Gasteiger partial charge is 0.346 e. The van der Waals surface area contributed by atoms with Crippen LogP contribution in [0.15, 0.2) is 54.7 Å². The molecule has 124 valence electrons. The molecule has 1 N–H and O–H groups in total. The van der Waals surface area contributed by atoms with E-state index in [1.165, 1.54) is 16.0 Å². The van der Waals surface area contributed by atoms with E-state index in [4.69, 9.17) is 5.26 Å². The van der Waals surface area contributed by atoms with E-state index in [9.17, 15) is 4.79 Å². The van der Waals surface area contributed by atoms with Gasteiger partial charge < -0.3 is 5.32 Å². The van der Waals surface area contributed by atoms with Crippen molar-refractivity contribution in [3.05, 3.63) is 86.9 Å². The Morgan fingerprint density at radius 3 is 2.80 bits per heavy atom. The summed E-state index contributed by atoms with van der Waals surface area (Å²) in [6.45, 7) is 2.46. The lowest BCUT2D eigenvalue weighted by atomic mass is 10.1. The Morgan fingerprint density at radius 2 is 2.04 bits per heavy atom. The minimum absolute atomic E-state index is 0.201. The summed E-state index contributed by atoms with van der Waals surface area (Å²) < 4.78 is 0.